The van der Waals surface area contributed by atoms with Gasteiger partial charge in [0.1, 0.15) is 10.7 Å². The maximum Gasteiger partial charge on any atom is 0.242 e. The molecule has 19 heavy (non-hydrogen) atoms. The molecule has 0 aliphatic heterocycles. The van der Waals surface area contributed by atoms with Crippen molar-refractivity contribution in [2.75, 3.05) is 38.9 Å². The summed E-state index contributed by atoms with van der Waals surface area (Å²) in [4.78, 5) is 3.90. The molecule has 0 aliphatic carbocycles. The Hall–Kier alpha value is -1.26. The van der Waals surface area contributed by atoms with Gasteiger partial charge in [0.05, 0.1) is 19.8 Å². The number of ether oxygens (including phenoxy) is 2. The maximum absolute atomic E-state index is 11.8. The molecular weight excluding hydrogens is 272 g/mol. The summed E-state index contributed by atoms with van der Waals surface area (Å²) in [6.07, 6.45) is 1.23. The van der Waals surface area contributed by atoms with Crippen molar-refractivity contribution in [3.05, 3.63) is 18.3 Å². The van der Waals surface area contributed by atoms with E-state index in [2.05, 4.69) is 15.1 Å². The van der Waals surface area contributed by atoms with E-state index in [9.17, 15) is 8.42 Å². The first kappa shape index (κ1) is 15.8. The van der Waals surface area contributed by atoms with Gasteiger partial charge in [-0.25, -0.2) is 24.0 Å². The Bertz CT molecular complexity index is 463. The number of anilines is 1. The number of nitrogen functional groups attached to an aromatic ring is 1. The zero-order valence-corrected chi connectivity index (χ0v) is 11.4. The highest BCUT2D eigenvalue weighted by Crippen LogP contribution is 2.09. The van der Waals surface area contributed by atoms with Crippen LogP contribution in [-0.2, 0) is 19.5 Å². The van der Waals surface area contributed by atoms with E-state index in [0.29, 0.717) is 19.0 Å². The van der Waals surface area contributed by atoms with Crippen LogP contribution in [0.25, 0.3) is 0 Å². The van der Waals surface area contributed by atoms with Crippen LogP contribution in [0.2, 0.25) is 0 Å². The molecule has 0 saturated heterocycles. The zero-order chi connectivity index (χ0) is 14.1. The lowest BCUT2D eigenvalue weighted by Crippen LogP contribution is -2.28. The number of hydrogen-bond donors (Lipinski definition) is 3. The van der Waals surface area contributed by atoms with E-state index in [4.69, 9.17) is 15.3 Å². The van der Waals surface area contributed by atoms with Crippen LogP contribution in [0, 0.1) is 0 Å². The summed E-state index contributed by atoms with van der Waals surface area (Å²) in [5.41, 5.74) is 2.32. The van der Waals surface area contributed by atoms with Gasteiger partial charge in [-0.2, -0.15) is 0 Å². The predicted molar refractivity (Wildman–Crippen MR) is 69.9 cm³/mol. The van der Waals surface area contributed by atoms with Crippen LogP contribution in [0.4, 0.5) is 5.82 Å². The summed E-state index contributed by atoms with van der Waals surface area (Å²) >= 11 is 0. The van der Waals surface area contributed by atoms with E-state index in [1.165, 1.54) is 18.3 Å². The van der Waals surface area contributed by atoms with E-state index in [1.807, 2.05) is 0 Å². The third-order valence-corrected chi connectivity index (χ3v) is 3.61. The van der Waals surface area contributed by atoms with Gasteiger partial charge in [-0.05, 0) is 12.1 Å². The third-order valence-electron chi connectivity index (χ3n) is 2.16. The van der Waals surface area contributed by atoms with Crippen LogP contribution >= 0.6 is 0 Å². The van der Waals surface area contributed by atoms with E-state index in [-0.39, 0.29) is 18.0 Å². The Morgan fingerprint density at radius 2 is 2.11 bits per heavy atom. The van der Waals surface area contributed by atoms with Gasteiger partial charge in [-0.1, -0.05) is 0 Å². The second-order valence-corrected chi connectivity index (χ2v) is 5.29. The van der Waals surface area contributed by atoms with Crippen LogP contribution in [0.15, 0.2) is 23.2 Å². The van der Waals surface area contributed by atoms with Crippen LogP contribution in [-0.4, -0.2) is 46.9 Å². The molecular formula is C10H18N4O4S. The maximum atomic E-state index is 11.8. The van der Waals surface area contributed by atoms with Gasteiger partial charge in [-0.15, -0.1) is 0 Å². The highest BCUT2D eigenvalue weighted by Gasteiger charge is 2.13. The lowest BCUT2D eigenvalue weighted by molar-refractivity contribution is 0.0736. The molecule has 0 radical (unpaired) electrons. The molecule has 9 heteroatoms. The molecule has 4 N–H and O–H groups in total. The van der Waals surface area contributed by atoms with Crippen molar-refractivity contribution in [2.45, 2.75) is 4.90 Å². The molecule has 0 amide bonds. The molecule has 0 atom stereocenters. The zero-order valence-electron chi connectivity index (χ0n) is 10.6. The van der Waals surface area contributed by atoms with Gasteiger partial charge in [0, 0.05) is 19.9 Å². The van der Waals surface area contributed by atoms with Crippen molar-refractivity contribution in [1.82, 2.24) is 9.71 Å². The third kappa shape index (κ3) is 5.49. The molecule has 1 heterocycles. The second-order valence-electron chi connectivity index (χ2n) is 3.53. The summed E-state index contributed by atoms with van der Waals surface area (Å²) in [6, 6.07) is 2.89. The van der Waals surface area contributed by atoms with Gasteiger partial charge >= 0.3 is 0 Å². The number of rotatable bonds is 9. The summed E-state index contributed by atoms with van der Waals surface area (Å²) in [5, 5.41) is 0. The standard InChI is InChI=1S/C10H18N4O4S/c1-17-6-7-18-5-4-13-19(15,16)9-2-3-10(14-11)12-8-9/h2-3,8,13H,4-7,11H2,1H3,(H,12,14). The number of sulfonamides is 1. The fraction of sp³-hybridized carbons (Fsp3) is 0.500. The SMILES string of the molecule is COCCOCCNS(=O)(=O)c1ccc(NN)nc1. The number of methoxy groups -OCH3 is 1. The van der Waals surface area contributed by atoms with Gasteiger partial charge in [0.2, 0.25) is 10.0 Å². The Morgan fingerprint density at radius 3 is 2.68 bits per heavy atom. The molecule has 0 bridgehead atoms. The molecule has 1 aromatic heterocycles. The van der Waals surface area contributed by atoms with E-state index >= 15 is 0 Å². The van der Waals surface area contributed by atoms with Gasteiger partial charge in [-0.3, -0.25) is 0 Å². The first-order chi connectivity index (χ1) is 9.10. The average Bonchev–Trinajstić information content (AvgIpc) is 2.43. The van der Waals surface area contributed by atoms with E-state index < -0.39 is 10.0 Å². The van der Waals surface area contributed by atoms with Crippen LogP contribution in [0.5, 0.6) is 0 Å². The van der Waals surface area contributed by atoms with Crippen molar-refractivity contribution >= 4 is 15.8 Å². The number of aromatic nitrogens is 1. The number of pyridine rings is 1. The minimum absolute atomic E-state index is 0.0726. The highest BCUT2D eigenvalue weighted by atomic mass is 32.2. The number of nitrogens with one attached hydrogen (secondary N) is 2. The number of hydrogen-bond acceptors (Lipinski definition) is 7. The summed E-state index contributed by atoms with van der Waals surface area (Å²) in [7, 11) is -2.00. The lowest BCUT2D eigenvalue weighted by Gasteiger charge is -2.07. The molecule has 0 unspecified atom stereocenters. The van der Waals surface area contributed by atoms with E-state index in [0.717, 1.165) is 0 Å². The van der Waals surface area contributed by atoms with Crippen molar-refractivity contribution in [3.63, 3.8) is 0 Å². The van der Waals surface area contributed by atoms with Gasteiger partial charge < -0.3 is 14.9 Å². The number of nitrogens with two attached hydrogens (primary N) is 1. The predicted octanol–water partition coefficient (Wildman–Crippen LogP) is -0.691. The first-order valence-electron chi connectivity index (χ1n) is 5.59. The topological polar surface area (TPSA) is 116 Å². The van der Waals surface area contributed by atoms with Crippen molar-refractivity contribution in [3.8, 4) is 0 Å². The summed E-state index contributed by atoms with van der Waals surface area (Å²) in [6.45, 7) is 1.36. The Morgan fingerprint density at radius 1 is 1.32 bits per heavy atom. The highest BCUT2D eigenvalue weighted by molar-refractivity contribution is 7.89. The molecule has 1 rings (SSSR count). The minimum atomic E-state index is -3.57. The lowest BCUT2D eigenvalue weighted by atomic mass is 10.5. The number of hydrazine groups is 1. The fourth-order valence-electron chi connectivity index (χ4n) is 1.20. The molecule has 108 valence electrons. The summed E-state index contributed by atoms with van der Waals surface area (Å²) in [5.74, 6) is 5.53. The number of nitrogens with zero attached hydrogens (tertiary/aromatic N) is 1. The van der Waals surface area contributed by atoms with Crippen molar-refractivity contribution < 1.29 is 17.9 Å². The van der Waals surface area contributed by atoms with Crippen LogP contribution in [0.1, 0.15) is 0 Å². The van der Waals surface area contributed by atoms with Crippen molar-refractivity contribution in [2.24, 2.45) is 5.84 Å². The smallest absolute Gasteiger partial charge is 0.242 e. The Kier molecular flexibility index (Phi) is 6.67. The second kappa shape index (κ2) is 8.02. The van der Waals surface area contributed by atoms with E-state index in [1.54, 1.807) is 7.11 Å². The van der Waals surface area contributed by atoms with Crippen molar-refractivity contribution in [1.29, 1.82) is 0 Å². The molecule has 1 aromatic rings. The largest absolute Gasteiger partial charge is 0.382 e. The molecule has 0 saturated carbocycles. The van der Waals surface area contributed by atoms with Crippen LogP contribution < -0.4 is 16.0 Å². The molecule has 0 fully saturated rings. The molecule has 8 nitrogen and oxygen atoms in total. The summed E-state index contributed by atoms with van der Waals surface area (Å²) < 4.78 is 36.0. The first-order valence-corrected chi connectivity index (χ1v) is 7.07. The molecule has 0 aliphatic rings. The monoisotopic (exact) mass is 290 g/mol. The molecule has 0 aromatic carbocycles. The minimum Gasteiger partial charge on any atom is -0.382 e. The average molecular weight is 290 g/mol. The van der Waals surface area contributed by atoms with Gasteiger partial charge in [0.25, 0.3) is 0 Å². The normalized spacial score (nSPS) is 11.5. The fourth-order valence-corrected chi connectivity index (χ4v) is 2.16. The van der Waals surface area contributed by atoms with Gasteiger partial charge in [0.15, 0.2) is 0 Å². The quantitative estimate of drug-likeness (QED) is 0.313. The Balaban J connectivity index is 2.42. The Labute approximate surface area is 112 Å². The van der Waals surface area contributed by atoms with Crippen LogP contribution in [0.3, 0.4) is 0 Å². The molecule has 0 spiro atoms.